The molecule has 1 amide bonds. The van der Waals surface area contributed by atoms with E-state index in [2.05, 4.69) is 10.4 Å². The summed E-state index contributed by atoms with van der Waals surface area (Å²) in [5, 5.41) is 7.28. The van der Waals surface area contributed by atoms with Gasteiger partial charge in [-0.05, 0) is 43.5 Å². The summed E-state index contributed by atoms with van der Waals surface area (Å²) in [6.45, 7) is 0.919. The Labute approximate surface area is 152 Å². The van der Waals surface area contributed by atoms with Crippen molar-refractivity contribution in [2.24, 2.45) is 0 Å². The second-order valence-electron chi connectivity index (χ2n) is 6.64. The molecule has 138 valence electrons. The summed E-state index contributed by atoms with van der Waals surface area (Å²) in [7, 11) is 1.61. The fourth-order valence-electron chi connectivity index (χ4n) is 3.05. The van der Waals surface area contributed by atoms with Crippen LogP contribution in [-0.2, 0) is 16.1 Å². The Bertz CT molecular complexity index is 779. The van der Waals surface area contributed by atoms with Crippen LogP contribution >= 0.6 is 0 Å². The van der Waals surface area contributed by atoms with Gasteiger partial charge in [0.15, 0.2) is 17.8 Å². The van der Waals surface area contributed by atoms with E-state index in [1.807, 2.05) is 24.3 Å². The van der Waals surface area contributed by atoms with Gasteiger partial charge in [-0.3, -0.25) is 9.48 Å². The maximum Gasteiger partial charge on any atom is 0.241 e. The maximum atomic E-state index is 12.1. The van der Waals surface area contributed by atoms with Crippen LogP contribution in [0.1, 0.15) is 25.7 Å². The SMILES string of the molecule is COc1ccc(-c2ccnn2CC(=O)NC2CC2)cc1O[C@H]1CCCO1. The Morgan fingerprint density at radius 3 is 2.92 bits per heavy atom. The summed E-state index contributed by atoms with van der Waals surface area (Å²) in [5.74, 6) is 1.27. The third-order valence-electron chi connectivity index (χ3n) is 4.56. The topological polar surface area (TPSA) is 74.6 Å². The van der Waals surface area contributed by atoms with Crippen LogP contribution in [0.2, 0.25) is 0 Å². The quantitative estimate of drug-likeness (QED) is 0.823. The first-order chi connectivity index (χ1) is 12.7. The highest BCUT2D eigenvalue weighted by molar-refractivity contribution is 5.77. The van der Waals surface area contributed by atoms with Crippen molar-refractivity contribution in [3.8, 4) is 22.8 Å². The lowest BCUT2D eigenvalue weighted by atomic mass is 10.1. The van der Waals surface area contributed by atoms with E-state index in [1.54, 1.807) is 18.0 Å². The Hall–Kier alpha value is -2.54. The number of hydrogen-bond acceptors (Lipinski definition) is 5. The number of nitrogens with zero attached hydrogens (tertiary/aromatic N) is 2. The molecule has 1 saturated heterocycles. The molecule has 4 rings (SSSR count). The first kappa shape index (κ1) is 16.9. The summed E-state index contributed by atoms with van der Waals surface area (Å²) < 4.78 is 18.6. The lowest BCUT2D eigenvalue weighted by Crippen LogP contribution is -2.29. The van der Waals surface area contributed by atoms with Crippen molar-refractivity contribution in [1.82, 2.24) is 15.1 Å². The standard InChI is InChI=1S/C19H23N3O4/c1-24-16-7-4-13(11-17(16)26-19-3-2-10-25-19)15-8-9-20-22(15)12-18(23)21-14-5-6-14/h4,7-9,11,14,19H,2-3,5-6,10,12H2,1H3,(H,21,23)/t19-/m0/s1. The summed E-state index contributed by atoms with van der Waals surface area (Å²) in [6, 6.07) is 7.94. The lowest BCUT2D eigenvalue weighted by Gasteiger charge is -2.17. The summed E-state index contributed by atoms with van der Waals surface area (Å²) in [4.78, 5) is 12.1. The molecule has 0 bridgehead atoms. The number of amides is 1. The Kier molecular flexibility index (Phi) is 4.79. The van der Waals surface area contributed by atoms with Crippen LogP contribution in [0, 0.1) is 0 Å². The molecule has 2 fully saturated rings. The van der Waals surface area contributed by atoms with E-state index in [9.17, 15) is 4.79 Å². The van der Waals surface area contributed by atoms with Gasteiger partial charge in [-0.2, -0.15) is 5.10 Å². The number of nitrogens with one attached hydrogen (secondary N) is 1. The molecular formula is C19H23N3O4. The second-order valence-corrected chi connectivity index (χ2v) is 6.64. The molecule has 2 aromatic rings. The molecule has 7 nitrogen and oxygen atoms in total. The molecule has 1 aromatic carbocycles. The Morgan fingerprint density at radius 2 is 2.19 bits per heavy atom. The third kappa shape index (κ3) is 3.83. The predicted molar refractivity (Wildman–Crippen MR) is 95.0 cm³/mol. The number of hydrogen-bond donors (Lipinski definition) is 1. The third-order valence-corrected chi connectivity index (χ3v) is 4.56. The minimum Gasteiger partial charge on any atom is -0.493 e. The minimum atomic E-state index is -0.242. The highest BCUT2D eigenvalue weighted by Gasteiger charge is 2.24. The largest absolute Gasteiger partial charge is 0.493 e. The van der Waals surface area contributed by atoms with Crippen LogP contribution in [0.5, 0.6) is 11.5 Å². The molecule has 2 heterocycles. The maximum absolute atomic E-state index is 12.1. The summed E-state index contributed by atoms with van der Waals surface area (Å²) in [5.41, 5.74) is 1.77. The molecule has 26 heavy (non-hydrogen) atoms. The lowest BCUT2D eigenvalue weighted by molar-refractivity contribution is -0.121. The van der Waals surface area contributed by atoms with E-state index in [1.165, 1.54) is 0 Å². The molecule has 0 unspecified atom stereocenters. The molecule has 2 aliphatic rings. The highest BCUT2D eigenvalue weighted by Crippen LogP contribution is 2.34. The van der Waals surface area contributed by atoms with Crippen molar-refractivity contribution in [3.05, 3.63) is 30.5 Å². The van der Waals surface area contributed by atoms with Gasteiger partial charge in [0.25, 0.3) is 0 Å². The smallest absolute Gasteiger partial charge is 0.241 e. The molecule has 1 aromatic heterocycles. The predicted octanol–water partition coefficient (Wildman–Crippen LogP) is 2.35. The van der Waals surface area contributed by atoms with Crippen molar-refractivity contribution >= 4 is 5.91 Å². The van der Waals surface area contributed by atoms with E-state index in [0.717, 1.165) is 43.5 Å². The molecule has 0 spiro atoms. The van der Waals surface area contributed by atoms with Crippen LogP contribution in [-0.4, -0.2) is 41.7 Å². The fourth-order valence-corrected chi connectivity index (χ4v) is 3.05. The second kappa shape index (κ2) is 7.37. The molecule has 1 saturated carbocycles. The number of methoxy groups -OCH3 is 1. The molecular weight excluding hydrogens is 334 g/mol. The van der Waals surface area contributed by atoms with Crippen LogP contribution in [0.15, 0.2) is 30.5 Å². The van der Waals surface area contributed by atoms with Crippen LogP contribution in [0.25, 0.3) is 11.3 Å². The van der Waals surface area contributed by atoms with Gasteiger partial charge in [0.2, 0.25) is 5.91 Å². The van der Waals surface area contributed by atoms with E-state index in [0.29, 0.717) is 17.5 Å². The first-order valence-corrected chi connectivity index (χ1v) is 9.01. The number of benzene rings is 1. The normalized spacial score (nSPS) is 19.3. The molecule has 1 aliphatic heterocycles. The van der Waals surface area contributed by atoms with E-state index in [-0.39, 0.29) is 18.7 Å². The molecule has 1 atom stereocenters. The molecule has 7 heteroatoms. The minimum absolute atomic E-state index is 0.0122. The number of carbonyl (C=O) groups excluding carboxylic acids is 1. The van der Waals surface area contributed by atoms with Crippen molar-refractivity contribution < 1.29 is 19.0 Å². The number of rotatable bonds is 7. The zero-order valence-electron chi connectivity index (χ0n) is 14.8. The van der Waals surface area contributed by atoms with Crippen molar-refractivity contribution in [2.45, 2.75) is 44.6 Å². The van der Waals surface area contributed by atoms with Gasteiger partial charge < -0.3 is 19.5 Å². The van der Waals surface area contributed by atoms with Gasteiger partial charge in [-0.15, -0.1) is 0 Å². The molecule has 1 N–H and O–H groups in total. The monoisotopic (exact) mass is 357 g/mol. The van der Waals surface area contributed by atoms with Gasteiger partial charge in [0.05, 0.1) is 19.4 Å². The Morgan fingerprint density at radius 1 is 1.31 bits per heavy atom. The van der Waals surface area contributed by atoms with Crippen molar-refractivity contribution in [2.75, 3.05) is 13.7 Å². The van der Waals surface area contributed by atoms with Gasteiger partial charge in [0, 0.05) is 24.2 Å². The molecule has 1 aliphatic carbocycles. The highest BCUT2D eigenvalue weighted by atomic mass is 16.7. The van der Waals surface area contributed by atoms with E-state index >= 15 is 0 Å². The first-order valence-electron chi connectivity index (χ1n) is 9.01. The fraction of sp³-hybridized carbons (Fsp3) is 0.474. The number of aromatic nitrogens is 2. The Balaban J connectivity index is 1.55. The molecule has 0 radical (unpaired) electrons. The number of ether oxygens (including phenoxy) is 3. The van der Waals surface area contributed by atoms with Crippen molar-refractivity contribution in [1.29, 1.82) is 0 Å². The average Bonchev–Trinajstić information content (AvgIpc) is 3.09. The summed E-state index contributed by atoms with van der Waals surface area (Å²) in [6.07, 6.45) is 5.46. The number of carbonyl (C=O) groups is 1. The van der Waals surface area contributed by atoms with Gasteiger partial charge in [0.1, 0.15) is 6.54 Å². The van der Waals surface area contributed by atoms with E-state index in [4.69, 9.17) is 14.2 Å². The van der Waals surface area contributed by atoms with Crippen LogP contribution in [0.4, 0.5) is 0 Å². The van der Waals surface area contributed by atoms with Gasteiger partial charge in [-0.1, -0.05) is 0 Å². The van der Waals surface area contributed by atoms with Crippen molar-refractivity contribution in [3.63, 3.8) is 0 Å². The average molecular weight is 357 g/mol. The zero-order valence-corrected chi connectivity index (χ0v) is 14.8. The summed E-state index contributed by atoms with van der Waals surface area (Å²) >= 11 is 0. The van der Waals surface area contributed by atoms with Crippen LogP contribution in [0.3, 0.4) is 0 Å². The van der Waals surface area contributed by atoms with Gasteiger partial charge in [-0.25, -0.2) is 0 Å². The van der Waals surface area contributed by atoms with E-state index < -0.39 is 0 Å². The van der Waals surface area contributed by atoms with Gasteiger partial charge >= 0.3 is 0 Å². The van der Waals surface area contributed by atoms with Crippen LogP contribution < -0.4 is 14.8 Å². The zero-order chi connectivity index (χ0) is 17.9.